The van der Waals surface area contributed by atoms with Gasteiger partial charge >= 0.3 is 0 Å². The van der Waals surface area contributed by atoms with Crippen LogP contribution in [0.15, 0.2) is 48.5 Å². The first-order valence-corrected chi connectivity index (χ1v) is 4.73. The molecule has 3 heteroatoms. The lowest BCUT2D eigenvalue weighted by Gasteiger charge is -2.10. The molecule has 0 aliphatic rings. The van der Waals surface area contributed by atoms with Crippen LogP contribution in [0, 0.1) is 0 Å². The largest absolute Gasteiger partial charge is 0.397 e. The topological polar surface area (TPSA) is 64.1 Å². The van der Waals surface area contributed by atoms with E-state index in [0.29, 0.717) is 11.4 Å². The first kappa shape index (κ1) is 9.40. The Hall–Kier alpha value is -2.16. The van der Waals surface area contributed by atoms with Crippen LogP contribution in [-0.4, -0.2) is 0 Å². The second kappa shape index (κ2) is 3.92. The lowest BCUT2D eigenvalue weighted by molar-refractivity contribution is 1.54. The smallest absolute Gasteiger partial charge is 0.0618 e. The SMILES string of the molecule is Nc1ccccc1Nc1ccccc1N. The molecule has 76 valence electrons. The average molecular weight is 199 g/mol. The average Bonchev–Trinajstić information content (AvgIpc) is 2.24. The molecule has 0 heterocycles. The molecule has 5 N–H and O–H groups in total. The van der Waals surface area contributed by atoms with Crippen LogP contribution in [-0.2, 0) is 0 Å². The Kier molecular flexibility index (Phi) is 2.46. The van der Waals surface area contributed by atoms with Gasteiger partial charge in [0.05, 0.1) is 22.7 Å². The Balaban J connectivity index is 2.30. The molecule has 0 fully saturated rings. The number of anilines is 4. The standard InChI is InChI=1S/C12H13N3/c13-9-5-1-3-7-11(9)15-12-8-4-2-6-10(12)14/h1-8,15H,13-14H2. The molecule has 0 amide bonds. The normalized spacial score (nSPS) is 9.87. The van der Waals surface area contributed by atoms with E-state index in [1.807, 2.05) is 48.5 Å². The van der Waals surface area contributed by atoms with Crippen molar-refractivity contribution in [3.63, 3.8) is 0 Å². The number of hydrogen-bond donors (Lipinski definition) is 3. The van der Waals surface area contributed by atoms with Crippen molar-refractivity contribution in [1.82, 2.24) is 0 Å². The van der Waals surface area contributed by atoms with Gasteiger partial charge in [-0.15, -0.1) is 0 Å². The Labute approximate surface area is 88.7 Å². The van der Waals surface area contributed by atoms with Crippen LogP contribution in [0.5, 0.6) is 0 Å². The van der Waals surface area contributed by atoms with Gasteiger partial charge in [0.2, 0.25) is 0 Å². The van der Waals surface area contributed by atoms with Crippen molar-refractivity contribution in [3.8, 4) is 0 Å². The lowest BCUT2D eigenvalue weighted by atomic mass is 10.2. The highest BCUT2D eigenvalue weighted by molar-refractivity contribution is 5.78. The van der Waals surface area contributed by atoms with Gasteiger partial charge in [-0.25, -0.2) is 0 Å². The zero-order valence-corrected chi connectivity index (χ0v) is 8.27. The summed E-state index contributed by atoms with van der Waals surface area (Å²) in [5, 5.41) is 3.19. The summed E-state index contributed by atoms with van der Waals surface area (Å²) in [5.41, 5.74) is 14.8. The zero-order chi connectivity index (χ0) is 10.7. The van der Waals surface area contributed by atoms with Crippen molar-refractivity contribution in [1.29, 1.82) is 0 Å². The van der Waals surface area contributed by atoms with Gasteiger partial charge in [0.1, 0.15) is 0 Å². The molecule has 0 bridgehead atoms. The van der Waals surface area contributed by atoms with Crippen LogP contribution in [0.2, 0.25) is 0 Å². The van der Waals surface area contributed by atoms with E-state index in [4.69, 9.17) is 11.5 Å². The van der Waals surface area contributed by atoms with Crippen LogP contribution < -0.4 is 16.8 Å². The highest BCUT2D eigenvalue weighted by atomic mass is 14.9. The predicted octanol–water partition coefficient (Wildman–Crippen LogP) is 2.59. The Morgan fingerprint density at radius 3 is 1.47 bits per heavy atom. The van der Waals surface area contributed by atoms with Crippen LogP contribution in [0.25, 0.3) is 0 Å². The van der Waals surface area contributed by atoms with Gasteiger partial charge in [-0.05, 0) is 24.3 Å². The molecular weight excluding hydrogens is 186 g/mol. The van der Waals surface area contributed by atoms with E-state index in [1.54, 1.807) is 0 Å². The minimum atomic E-state index is 0.709. The maximum Gasteiger partial charge on any atom is 0.0618 e. The molecule has 0 radical (unpaired) electrons. The number of nitrogens with one attached hydrogen (secondary N) is 1. The fraction of sp³-hybridized carbons (Fsp3) is 0. The third-order valence-electron chi connectivity index (χ3n) is 2.19. The highest BCUT2D eigenvalue weighted by Gasteiger charge is 2.00. The van der Waals surface area contributed by atoms with Crippen LogP contribution >= 0.6 is 0 Å². The predicted molar refractivity (Wildman–Crippen MR) is 65.0 cm³/mol. The Morgan fingerprint density at radius 2 is 1.07 bits per heavy atom. The van der Waals surface area contributed by atoms with E-state index >= 15 is 0 Å². The second-order valence-electron chi connectivity index (χ2n) is 3.30. The first-order chi connectivity index (χ1) is 7.27. The molecular formula is C12H13N3. The summed E-state index contributed by atoms with van der Waals surface area (Å²) in [6.07, 6.45) is 0. The fourth-order valence-corrected chi connectivity index (χ4v) is 1.37. The Morgan fingerprint density at radius 1 is 0.667 bits per heavy atom. The third-order valence-corrected chi connectivity index (χ3v) is 2.19. The summed E-state index contributed by atoms with van der Waals surface area (Å²) in [5.74, 6) is 0. The van der Waals surface area contributed by atoms with Crippen molar-refractivity contribution in [2.24, 2.45) is 0 Å². The van der Waals surface area contributed by atoms with E-state index in [1.165, 1.54) is 0 Å². The van der Waals surface area contributed by atoms with Crippen molar-refractivity contribution in [2.45, 2.75) is 0 Å². The quantitative estimate of drug-likeness (QED) is 0.651. The first-order valence-electron chi connectivity index (χ1n) is 4.73. The molecule has 0 saturated heterocycles. The maximum absolute atomic E-state index is 5.82. The minimum Gasteiger partial charge on any atom is -0.397 e. The van der Waals surface area contributed by atoms with Gasteiger partial charge in [-0.1, -0.05) is 24.3 Å². The number of para-hydroxylation sites is 4. The summed E-state index contributed by atoms with van der Waals surface area (Å²) in [7, 11) is 0. The molecule has 2 aromatic rings. The molecule has 0 unspecified atom stereocenters. The molecule has 0 aromatic heterocycles. The van der Waals surface area contributed by atoms with Gasteiger partial charge in [-0.2, -0.15) is 0 Å². The van der Waals surface area contributed by atoms with E-state index in [0.717, 1.165) is 11.4 Å². The van der Waals surface area contributed by atoms with Gasteiger partial charge in [0, 0.05) is 0 Å². The van der Waals surface area contributed by atoms with Crippen molar-refractivity contribution in [3.05, 3.63) is 48.5 Å². The highest BCUT2D eigenvalue weighted by Crippen LogP contribution is 2.25. The van der Waals surface area contributed by atoms with E-state index in [-0.39, 0.29) is 0 Å². The summed E-state index contributed by atoms with van der Waals surface area (Å²) < 4.78 is 0. The van der Waals surface area contributed by atoms with Gasteiger partial charge in [0.15, 0.2) is 0 Å². The summed E-state index contributed by atoms with van der Waals surface area (Å²) in [4.78, 5) is 0. The minimum absolute atomic E-state index is 0.709. The number of hydrogen-bond acceptors (Lipinski definition) is 3. The fourth-order valence-electron chi connectivity index (χ4n) is 1.37. The molecule has 3 nitrogen and oxygen atoms in total. The number of nitrogens with two attached hydrogens (primary N) is 2. The summed E-state index contributed by atoms with van der Waals surface area (Å²) >= 11 is 0. The van der Waals surface area contributed by atoms with Crippen molar-refractivity contribution in [2.75, 3.05) is 16.8 Å². The van der Waals surface area contributed by atoms with Crippen LogP contribution in [0.3, 0.4) is 0 Å². The molecule has 2 aromatic carbocycles. The molecule has 0 atom stereocenters. The van der Waals surface area contributed by atoms with Crippen molar-refractivity contribution >= 4 is 22.7 Å². The molecule has 0 aliphatic carbocycles. The van der Waals surface area contributed by atoms with Crippen LogP contribution in [0.4, 0.5) is 22.7 Å². The van der Waals surface area contributed by atoms with E-state index in [9.17, 15) is 0 Å². The van der Waals surface area contributed by atoms with E-state index in [2.05, 4.69) is 5.32 Å². The molecule has 2 rings (SSSR count). The third kappa shape index (κ3) is 2.02. The Bertz CT molecular complexity index is 422. The monoisotopic (exact) mass is 199 g/mol. The molecule has 0 aliphatic heterocycles. The van der Waals surface area contributed by atoms with Gasteiger partial charge in [0.25, 0.3) is 0 Å². The zero-order valence-electron chi connectivity index (χ0n) is 8.27. The van der Waals surface area contributed by atoms with Gasteiger partial charge < -0.3 is 16.8 Å². The van der Waals surface area contributed by atoms with E-state index < -0.39 is 0 Å². The van der Waals surface area contributed by atoms with Crippen molar-refractivity contribution < 1.29 is 0 Å². The lowest BCUT2D eigenvalue weighted by Crippen LogP contribution is -1.98. The summed E-state index contributed by atoms with van der Waals surface area (Å²) in [6, 6.07) is 15.2. The maximum atomic E-state index is 5.82. The second-order valence-corrected chi connectivity index (χ2v) is 3.30. The van der Waals surface area contributed by atoms with Crippen LogP contribution in [0.1, 0.15) is 0 Å². The number of benzene rings is 2. The number of rotatable bonds is 2. The molecule has 0 saturated carbocycles. The molecule has 0 spiro atoms. The summed E-state index contributed by atoms with van der Waals surface area (Å²) in [6.45, 7) is 0. The number of nitrogen functional groups attached to an aromatic ring is 2. The van der Waals surface area contributed by atoms with Gasteiger partial charge in [-0.3, -0.25) is 0 Å². The molecule has 15 heavy (non-hydrogen) atoms.